The van der Waals surface area contributed by atoms with E-state index in [1.165, 1.54) is 0 Å². The number of hydrogen-bond acceptors (Lipinski definition) is 4. The average Bonchev–Trinajstić information content (AvgIpc) is 2.73. The molecule has 3 rings (SSSR count). The summed E-state index contributed by atoms with van der Waals surface area (Å²) in [5.74, 6) is 2.68. The molecule has 3 aromatic rings. The molecule has 0 saturated heterocycles. The van der Waals surface area contributed by atoms with Gasteiger partial charge in [0.05, 0.1) is 13.2 Å². The van der Waals surface area contributed by atoms with Crippen LogP contribution in [0.3, 0.4) is 0 Å². The number of anilines is 2. The fourth-order valence-corrected chi connectivity index (χ4v) is 2.55. The Balaban J connectivity index is 1.44. The monoisotopic (exact) mass is 390 g/mol. The zero-order chi connectivity index (χ0) is 20.5. The lowest BCUT2D eigenvalue weighted by Gasteiger charge is -2.11. The largest absolute Gasteiger partial charge is 0.493 e. The number of amides is 1. The second-order valence-corrected chi connectivity index (χ2v) is 7.07. The molecule has 5 heteroatoms. The molecule has 0 atom stereocenters. The van der Waals surface area contributed by atoms with Gasteiger partial charge in [-0.3, -0.25) is 4.79 Å². The van der Waals surface area contributed by atoms with E-state index >= 15 is 0 Å². The topological polar surface area (TPSA) is 59.6 Å². The lowest BCUT2D eigenvalue weighted by atomic mass is 10.2. The van der Waals surface area contributed by atoms with E-state index in [-0.39, 0.29) is 12.5 Å². The van der Waals surface area contributed by atoms with Crippen LogP contribution in [0.15, 0.2) is 78.9 Å². The highest BCUT2D eigenvalue weighted by molar-refractivity contribution is 5.93. The second kappa shape index (κ2) is 10.2. The normalized spacial score (nSPS) is 10.4. The van der Waals surface area contributed by atoms with Crippen molar-refractivity contribution in [3.05, 3.63) is 78.9 Å². The molecule has 0 bridgehead atoms. The van der Waals surface area contributed by atoms with E-state index in [1.54, 1.807) is 0 Å². The van der Waals surface area contributed by atoms with Crippen molar-refractivity contribution >= 4 is 17.3 Å². The van der Waals surface area contributed by atoms with Crippen LogP contribution in [0, 0.1) is 5.92 Å². The number of ether oxygens (including phenoxy) is 2. The minimum absolute atomic E-state index is 0.120. The predicted molar refractivity (Wildman–Crippen MR) is 117 cm³/mol. The predicted octanol–water partition coefficient (Wildman–Crippen LogP) is 5.56. The quantitative estimate of drug-likeness (QED) is 0.502. The van der Waals surface area contributed by atoms with Gasteiger partial charge in [0.1, 0.15) is 17.2 Å². The van der Waals surface area contributed by atoms with Gasteiger partial charge in [-0.25, -0.2) is 0 Å². The molecule has 150 valence electrons. The van der Waals surface area contributed by atoms with Crippen molar-refractivity contribution in [2.24, 2.45) is 5.92 Å². The van der Waals surface area contributed by atoms with Crippen LogP contribution >= 0.6 is 0 Å². The molecular weight excluding hydrogens is 364 g/mol. The fourth-order valence-electron chi connectivity index (χ4n) is 2.55. The molecular formula is C24H26N2O3. The Bertz CT molecular complexity index is 892. The summed E-state index contributed by atoms with van der Waals surface area (Å²) in [6, 6.07) is 24.5. The van der Waals surface area contributed by atoms with Gasteiger partial charge < -0.3 is 20.1 Å². The molecule has 0 aliphatic rings. The zero-order valence-corrected chi connectivity index (χ0v) is 16.7. The van der Waals surface area contributed by atoms with Crippen LogP contribution < -0.4 is 20.1 Å². The van der Waals surface area contributed by atoms with E-state index in [1.807, 2.05) is 78.9 Å². The first kappa shape index (κ1) is 20.3. The lowest BCUT2D eigenvalue weighted by molar-refractivity contribution is -0.114. The summed E-state index contributed by atoms with van der Waals surface area (Å²) in [7, 11) is 0. The smallest absolute Gasteiger partial charge is 0.243 e. The number of benzene rings is 3. The summed E-state index contributed by atoms with van der Waals surface area (Å²) in [6.45, 7) is 5.05. The Morgan fingerprint density at radius 3 is 2.03 bits per heavy atom. The maximum absolute atomic E-state index is 12.2. The van der Waals surface area contributed by atoms with Crippen LogP contribution in [0.5, 0.6) is 17.2 Å². The van der Waals surface area contributed by atoms with E-state index in [2.05, 4.69) is 24.5 Å². The van der Waals surface area contributed by atoms with Gasteiger partial charge in [-0.05, 0) is 66.6 Å². The van der Waals surface area contributed by atoms with E-state index in [9.17, 15) is 4.79 Å². The van der Waals surface area contributed by atoms with Crippen LogP contribution in [0.2, 0.25) is 0 Å². The van der Waals surface area contributed by atoms with Crippen molar-refractivity contribution in [1.29, 1.82) is 0 Å². The summed E-state index contributed by atoms with van der Waals surface area (Å²) in [6.07, 6.45) is 0. The van der Waals surface area contributed by atoms with Crippen molar-refractivity contribution < 1.29 is 14.3 Å². The number of para-hydroxylation sites is 1. The van der Waals surface area contributed by atoms with Gasteiger partial charge in [-0.15, -0.1) is 0 Å². The van der Waals surface area contributed by atoms with Crippen LogP contribution in [-0.4, -0.2) is 19.1 Å². The van der Waals surface area contributed by atoms with Crippen LogP contribution in [0.1, 0.15) is 13.8 Å². The van der Waals surface area contributed by atoms with Gasteiger partial charge in [0.2, 0.25) is 5.91 Å². The van der Waals surface area contributed by atoms with Crippen LogP contribution in [0.4, 0.5) is 11.4 Å². The molecule has 0 aliphatic heterocycles. The number of carbonyl (C=O) groups excluding carboxylic acids is 1. The first-order valence-corrected chi connectivity index (χ1v) is 9.68. The zero-order valence-electron chi connectivity index (χ0n) is 16.7. The van der Waals surface area contributed by atoms with Crippen LogP contribution in [0.25, 0.3) is 0 Å². The highest BCUT2D eigenvalue weighted by atomic mass is 16.5. The third-order valence-electron chi connectivity index (χ3n) is 4.01. The molecule has 0 unspecified atom stereocenters. The fraction of sp³-hybridized carbons (Fsp3) is 0.208. The van der Waals surface area contributed by atoms with Crippen molar-refractivity contribution in [1.82, 2.24) is 0 Å². The highest BCUT2D eigenvalue weighted by Gasteiger charge is 2.04. The minimum atomic E-state index is -0.120. The molecule has 0 heterocycles. The van der Waals surface area contributed by atoms with Gasteiger partial charge in [0.25, 0.3) is 0 Å². The van der Waals surface area contributed by atoms with E-state index < -0.39 is 0 Å². The summed E-state index contributed by atoms with van der Waals surface area (Å²) >= 11 is 0. The first-order valence-electron chi connectivity index (χ1n) is 9.68. The maximum atomic E-state index is 12.2. The molecule has 3 aromatic carbocycles. The standard InChI is InChI=1S/C24H26N2O3/c1-18(2)17-28-21-12-10-20(11-13-21)26-24(27)16-25-19-8-14-23(15-9-19)29-22-6-4-3-5-7-22/h3-15,18,25H,16-17H2,1-2H3,(H,26,27). The Hall–Kier alpha value is -3.47. The second-order valence-electron chi connectivity index (χ2n) is 7.07. The molecule has 29 heavy (non-hydrogen) atoms. The van der Waals surface area contributed by atoms with E-state index in [0.29, 0.717) is 12.5 Å². The number of rotatable bonds is 9. The molecule has 0 spiro atoms. The number of hydrogen-bond donors (Lipinski definition) is 2. The number of nitrogens with one attached hydrogen (secondary N) is 2. The molecule has 5 nitrogen and oxygen atoms in total. The molecule has 0 saturated carbocycles. The Morgan fingerprint density at radius 2 is 1.38 bits per heavy atom. The van der Waals surface area contributed by atoms with Gasteiger partial charge in [0.15, 0.2) is 0 Å². The molecule has 2 N–H and O–H groups in total. The Labute approximate surface area is 171 Å². The van der Waals surface area contributed by atoms with Gasteiger partial charge in [-0.2, -0.15) is 0 Å². The Kier molecular flexibility index (Phi) is 7.11. The van der Waals surface area contributed by atoms with Gasteiger partial charge in [-0.1, -0.05) is 32.0 Å². The Morgan fingerprint density at radius 1 is 0.793 bits per heavy atom. The van der Waals surface area contributed by atoms with Crippen LogP contribution in [-0.2, 0) is 4.79 Å². The van der Waals surface area contributed by atoms with Crippen molar-refractivity contribution in [3.8, 4) is 17.2 Å². The molecule has 0 radical (unpaired) electrons. The SMILES string of the molecule is CC(C)COc1ccc(NC(=O)CNc2ccc(Oc3ccccc3)cc2)cc1. The summed E-state index contributed by atoms with van der Waals surface area (Å²) in [5.41, 5.74) is 1.58. The van der Waals surface area contributed by atoms with Crippen molar-refractivity contribution in [3.63, 3.8) is 0 Å². The molecule has 0 aliphatic carbocycles. The average molecular weight is 390 g/mol. The summed E-state index contributed by atoms with van der Waals surface area (Å²) < 4.78 is 11.4. The minimum Gasteiger partial charge on any atom is -0.493 e. The van der Waals surface area contributed by atoms with Gasteiger partial charge in [0, 0.05) is 11.4 Å². The van der Waals surface area contributed by atoms with Gasteiger partial charge >= 0.3 is 0 Å². The number of carbonyl (C=O) groups is 1. The van der Waals surface area contributed by atoms with Crippen molar-refractivity contribution in [2.75, 3.05) is 23.8 Å². The third-order valence-corrected chi connectivity index (χ3v) is 4.01. The summed E-state index contributed by atoms with van der Waals surface area (Å²) in [5, 5.41) is 5.97. The van der Waals surface area contributed by atoms with Crippen molar-refractivity contribution in [2.45, 2.75) is 13.8 Å². The summed E-state index contributed by atoms with van der Waals surface area (Å²) in [4.78, 5) is 12.2. The van der Waals surface area contributed by atoms with E-state index in [4.69, 9.17) is 9.47 Å². The molecule has 0 aromatic heterocycles. The highest BCUT2D eigenvalue weighted by Crippen LogP contribution is 2.22. The molecule has 0 fully saturated rings. The lowest BCUT2D eigenvalue weighted by Crippen LogP contribution is -2.21. The maximum Gasteiger partial charge on any atom is 0.243 e. The first-order chi connectivity index (χ1) is 14.1. The molecule has 1 amide bonds. The third kappa shape index (κ3) is 6.88. The van der Waals surface area contributed by atoms with E-state index in [0.717, 1.165) is 28.6 Å².